The number of amides is 1. The molecule has 7 heteroatoms. The van der Waals surface area contributed by atoms with Crippen LogP contribution >= 0.6 is 11.3 Å². The van der Waals surface area contributed by atoms with Gasteiger partial charge in [-0.2, -0.15) is 0 Å². The van der Waals surface area contributed by atoms with Gasteiger partial charge in [-0.1, -0.05) is 24.3 Å². The summed E-state index contributed by atoms with van der Waals surface area (Å²) in [6, 6.07) is 9.76. The van der Waals surface area contributed by atoms with Gasteiger partial charge in [-0.15, -0.1) is 11.3 Å². The largest absolute Gasteiger partial charge is 0.348 e. The Morgan fingerprint density at radius 1 is 1.28 bits per heavy atom. The second-order valence-corrected chi connectivity index (χ2v) is 7.14. The summed E-state index contributed by atoms with van der Waals surface area (Å²) in [7, 11) is 1.44. The number of carbonyl (C=O) groups is 1. The highest BCUT2D eigenvalue weighted by atomic mass is 32.1. The van der Waals surface area contributed by atoms with E-state index in [1.807, 2.05) is 18.2 Å². The van der Waals surface area contributed by atoms with E-state index in [-0.39, 0.29) is 24.1 Å². The van der Waals surface area contributed by atoms with Gasteiger partial charge in [-0.05, 0) is 35.4 Å². The van der Waals surface area contributed by atoms with Gasteiger partial charge in [0.2, 0.25) is 5.91 Å². The van der Waals surface area contributed by atoms with Crippen molar-refractivity contribution in [1.29, 1.82) is 0 Å². The number of aromatic nitrogens is 2. The molecule has 4 rings (SSSR count). The van der Waals surface area contributed by atoms with Crippen molar-refractivity contribution in [2.24, 2.45) is 7.05 Å². The summed E-state index contributed by atoms with van der Waals surface area (Å²) in [5.41, 5.74) is 2.12. The summed E-state index contributed by atoms with van der Waals surface area (Å²) in [5, 5.41) is 4.78. The van der Waals surface area contributed by atoms with E-state index in [1.165, 1.54) is 28.5 Å². The number of hydrogen-bond donors (Lipinski definition) is 1. The van der Waals surface area contributed by atoms with Gasteiger partial charge < -0.3 is 5.32 Å². The van der Waals surface area contributed by atoms with Gasteiger partial charge in [0.25, 0.3) is 5.56 Å². The lowest BCUT2D eigenvalue weighted by Crippen LogP contribution is -2.41. The number of aryl methyl sites for hydroxylation is 1. The average molecular weight is 355 g/mol. The predicted molar refractivity (Wildman–Crippen MR) is 97.0 cm³/mol. The van der Waals surface area contributed by atoms with Crippen molar-refractivity contribution in [2.75, 3.05) is 0 Å². The van der Waals surface area contributed by atoms with Crippen molar-refractivity contribution in [3.8, 4) is 0 Å². The summed E-state index contributed by atoms with van der Waals surface area (Å²) in [5.74, 6) is -0.227. The first-order valence-corrected chi connectivity index (χ1v) is 8.98. The second-order valence-electron chi connectivity index (χ2n) is 6.23. The maximum absolute atomic E-state index is 12.5. The molecule has 128 valence electrons. The third kappa shape index (κ3) is 2.60. The molecule has 0 bridgehead atoms. The second kappa shape index (κ2) is 6.00. The Labute approximate surface area is 147 Å². The first kappa shape index (κ1) is 15.8. The van der Waals surface area contributed by atoms with Gasteiger partial charge in [-0.25, -0.2) is 4.79 Å². The van der Waals surface area contributed by atoms with E-state index in [0.29, 0.717) is 10.2 Å². The third-order valence-electron chi connectivity index (χ3n) is 4.72. The van der Waals surface area contributed by atoms with Gasteiger partial charge >= 0.3 is 5.69 Å². The Kier molecular flexibility index (Phi) is 3.80. The topological polar surface area (TPSA) is 73.1 Å². The van der Waals surface area contributed by atoms with Crippen LogP contribution in [0, 0.1) is 0 Å². The fraction of sp³-hybridized carbons (Fsp3) is 0.278. The zero-order valence-corrected chi connectivity index (χ0v) is 14.5. The number of thiophene rings is 1. The molecule has 0 aliphatic heterocycles. The lowest BCUT2D eigenvalue weighted by atomic mass is 10.1. The van der Waals surface area contributed by atoms with Crippen molar-refractivity contribution in [1.82, 2.24) is 14.5 Å². The van der Waals surface area contributed by atoms with Crippen molar-refractivity contribution < 1.29 is 4.79 Å². The van der Waals surface area contributed by atoms with E-state index in [4.69, 9.17) is 0 Å². The van der Waals surface area contributed by atoms with Gasteiger partial charge in [0, 0.05) is 7.05 Å². The van der Waals surface area contributed by atoms with Crippen LogP contribution in [-0.4, -0.2) is 15.0 Å². The van der Waals surface area contributed by atoms with Crippen LogP contribution in [0.15, 0.2) is 45.3 Å². The van der Waals surface area contributed by atoms with Crippen molar-refractivity contribution >= 4 is 27.5 Å². The number of fused-ring (bicyclic) bond motifs is 2. The Hall–Kier alpha value is -2.67. The summed E-state index contributed by atoms with van der Waals surface area (Å²) < 4.78 is 2.90. The molecule has 1 aromatic carbocycles. The molecule has 1 aliphatic rings. The first-order chi connectivity index (χ1) is 12.1. The maximum Gasteiger partial charge on any atom is 0.331 e. The quantitative estimate of drug-likeness (QED) is 0.775. The molecular weight excluding hydrogens is 338 g/mol. The highest BCUT2D eigenvalue weighted by Crippen LogP contribution is 2.30. The molecule has 0 unspecified atom stereocenters. The zero-order valence-electron chi connectivity index (χ0n) is 13.7. The molecule has 0 fully saturated rings. The Morgan fingerprint density at radius 3 is 2.92 bits per heavy atom. The molecule has 1 aliphatic carbocycles. The fourth-order valence-corrected chi connectivity index (χ4v) is 4.31. The Morgan fingerprint density at radius 2 is 2.08 bits per heavy atom. The van der Waals surface area contributed by atoms with Crippen LogP contribution in [0.1, 0.15) is 23.6 Å². The molecule has 6 nitrogen and oxygen atoms in total. The van der Waals surface area contributed by atoms with Gasteiger partial charge in [0.05, 0.1) is 11.6 Å². The van der Waals surface area contributed by atoms with Gasteiger partial charge in [-0.3, -0.25) is 18.7 Å². The summed E-state index contributed by atoms with van der Waals surface area (Å²) in [6.45, 7) is -0.0984. The van der Waals surface area contributed by atoms with Crippen molar-refractivity contribution in [2.45, 2.75) is 25.4 Å². The number of benzene rings is 1. The number of carbonyl (C=O) groups excluding carboxylic acids is 1. The van der Waals surface area contributed by atoms with Gasteiger partial charge in [0.15, 0.2) is 0 Å². The Balaban J connectivity index is 1.62. The van der Waals surface area contributed by atoms with Crippen LogP contribution in [0.5, 0.6) is 0 Å². The lowest BCUT2D eigenvalue weighted by molar-refractivity contribution is -0.122. The number of rotatable bonds is 3. The average Bonchev–Trinajstić information content (AvgIpc) is 3.25. The van der Waals surface area contributed by atoms with E-state index < -0.39 is 5.69 Å². The van der Waals surface area contributed by atoms with Gasteiger partial charge in [0.1, 0.15) is 11.2 Å². The molecular formula is C18H17N3O3S. The molecule has 0 spiro atoms. The van der Waals surface area contributed by atoms with Crippen molar-refractivity contribution in [3.05, 3.63) is 67.7 Å². The molecule has 1 amide bonds. The molecule has 25 heavy (non-hydrogen) atoms. The van der Waals surface area contributed by atoms with E-state index >= 15 is 0 Å². The predicted octanol–water partition coefficient (Wildman–Crippen LogP) is 1.57. The number of nitrogens with zero attached hydrogens (tertiary/aromatic N) is 2. The standard InChI is InChI=1S/C18H17N3O3S/c1-20-17(23)16-14(8-9-25-16)21(18(20)24)10-15(22)19-13-7-6-11-4-2-3-5-12(11)13/h2-5,8-9,13H,6-7,10H2,1H3,(H,19,22)/t13-/m1/s1. The maximum atomic E-state index is 12.5. The molecule has 1 N–H and O–H groups in total. The summed E-state index contributed by atoms with van der Waals surface area (Å²) in [4.78, 5) is 37.1. The van der Waals surface area contributed by atoms with Crippen LogP contribution in [-0.2, 0) is 24.8 Å². The van der Waals surface area contributed by atoms with E-state index in [1.54, 1.807) is 11.4 Å². The minimum atomic E-state index is -0.474. The number of nitrogens with one attached hydrogen (secondary N) is 1. The van der Waals surface area contributed by atoms with E-state index in [0.717, 1.165) is 23.0 Å². The van der Waals surface area contributed by atoms with Crippen LogP contribution in [0.25, 0.3) is 10.2 Å². The fourth-order valence-electron chi connectivity index (χ4n) is 3.44. The zero-order chi connectivity index (χ0) is 17.6. The smallest absolute Gasteiger partial charge is 0.331 e. The van der Waals surface area contributed by atoms with E-state index in [9.17, 15) is 14.4 Å². The number of hydrogen-bond acceptors (Lipinski definition) is 4. The molecule has 3 aromatic rings. The van der Waals surface area contributed by atoms with Crippen LogP contribution in [0.3, 0.4) is 0 Å². The summed E-state index contributed by atoms with van der Waals surface area (Å²) >= 11 is 1.28. The monoisotopic (exact) mass is 355 g/mol. The van der Waals surface area contributed by atoms with E-state index in [2.05, 4.69) is 11.4 Å². The highest BCUT2D eigenvalue weighted by Gasteiger charge is 2.24. The highest BCUT2D eigenvalue weighted by molar-refractivity contribution is 7.17. The molecule has 1 atom stereocenters. The normalized spacial score (nSPS) is 16.1. The minimum Gasteiger partial charge on any atom is -0.348 e. The lowest BCUT2D eigenvalue weighted by Gasteiger charge is -2.15. The summed E-state index contributed by atoms with van der Waals surface area (Å²) in [6.07, 6.45) is 1.80. The molecule has 2 heterocycles. The van der Waals surface area contributed by atoms with Crippen LogP contribution in [0.2, 0.25) is 0 Å². The van der Waals surface area contributed by atoms with Crippen LogP contribution in [0.4, 0.5) is 0 Å². The minimum absolute atomic E-state index is 0.0232. The first-order valence-electron chi connectivity index (χ1n) is 8.10. The van der Waals surface area contributed by atoms with Crippen molar-refractivity contribution in [3.63, 3.8) is 0 Å². The van der Waals surface area contributed by atoms with Crippen LogP contribution < -0.4 is 16.6 Å². The molecule has 0 radical (unpaired) electrons. The molecule has 0 saturated heterocycles. The third-order valence-corrected chi connectivity index (χ3v) is 5.61. The molecule has 0 saturated carbocycles. The SMILES string of the molecule is Cn1c(=O)c2sccc2n(CC(=O)N[C@@H]2CCc3ccccc32)c1=O. The molecule has 2 aromatic heterocycles. The Bertz CT molecular complexity index is 1090.